The third-order valence-corrected chi connectivity index (χ3v) is 4.35. The van der Waals surface area contributed by atoms with Crippen LogP contribution < -0.4 is 0 Å². The van der Waals surface area contributed by atoms with Crippen molar-refractivity contribution in [2.45, 2.75) is 19.3 Å². The third-order valence-electron chi connectivity index (χ3n) is 4.07. The highest BCUT2D eigenvalue weighted by molar-refractivity contribution is 6.64. The van der Waals surface area contributed by atoms with Crippen molar-refractivity contribution in [3.63, 3.8) is 0 Å². The van der Waals surface area contributed by atoms with E-state index in [2.05, 4.69) is 4.74 Å². The number of ether oxygens (including phenoxy) is 1. The zero-order valence-electron chi connectivity index (χ0n) is 9.02. The maximum Gasteiger partial charge on any atom is 0.318 e. The molecule has 1 aliphatic heterocycles. The van der Waals surface area contributed by atoms with E-state index in [9.17, 15) is 14.4 Å². The number of cyclic esters (lactones) is 2. The molecule has 0 aromatic rings. The fourth-order valence-corrected chi connectivity index (χ4v) is 3.52. The fourth-order valence-electron chi connectivity index (χ4n) is 3.27. The second-order valence-electron chi connectivity index (χ2n) is 4.93. The lowest BCUT2D eigenvalue weighted by molar-refractivity contribution is -0.154. The van der Waals surface area contributed by atoms with Crippen molar-refractivity contribution in [1.82, 2.24) is 0 Å². The Bertz CT molecular complexity index is 453. The van der Waals surface area contributed by atoms with Crippen LogP contribution in [0.15, 0.2) is 11.6 Å². The minimum Gasteiger partial charge on any atom is -0.393 e. The predicted molar refractivity (Wildman–Crippen MR) is 57.9 cm³/mol. The van der Waals surface area contributed by atoms with Crippen LogP contribution in [0.3, 0.4) is 0 Å². The van der Waals surface area contributed by atoms with Gasteiger partial charge in [0.1, 0.15) is 0 Å². The summed E-state index contributed by atoms with van der Waals surface area (Å²) in [5.74, 6) is -2.44. The molecule has 0 aromatic heterocycles. The maximum absolute atomic E-state index is 11.7. The van der Waals surface area contributed by atoms with E-state index in [1.54, 1.807) is 0 Å². The highest BCUT2D eigenvalue weighted by Gasteiger charge is 2.54. The van der Waals surface area contributed by atoms with Crippen LogP contribution in [0.25, 0.3) is 0 Å². The summed E-state index contributed by atoms with van der Waals surface area (Å²) in [6.07, 6.45) is 4.00. The van der Waals surface area contributed by atoms with Crippen LogP contribution in [-0.4, -0.2) is 17.2 Å². The van der Waals surface area contributed by atoms with Crippen LogP contribution in [0.5, 0.6) is 0 Å². The summed E-state index contributed by atoms with van der Waals surface area (Å²) in [4.78, 5) is 34.6. The largest absolute Gasteiger partial charge is 0.393 e. The Morgan fingerprint density at radius 1 is 1.35 bits per heavy atom. The molecule has 2 aliphatic carbocycles. The van der Waals surface area contributed by atoms with Crippen LogP contribution >= 0.6 is 11.6 Å². The van der Waals surface area contributed by atoms with Gasteiger partial charge in [0.15, 0.2) is 0 Å². The maximum atomic E-state index is 11.7. The molecule has 4 unspecified atom stereocenters. The van der Waals surface area contributed by atoms with E-state index >= 15 is 0 Å². The number of carbonyl (C=O) groups is 3. The highest BCUT2D eigenvalue weighted by atomic mass is 35.5. The first-order chi connectivity index (χ1) is 8.08. The summed E-state index contributed by atoms with van der Waals surface area (Å²) < 4.78 is 4.68. The van der Waals surface area contributed by atoms with Crippen LogP contribution in [0.4, 0.5) is 0 Å². The first-order valence-corrected chi connectivity index (χ1v) is 6.10. The Morgan fingerprint density at radius 3 is 2.82 bits per heavy atom. The second-order valence-corrected chi connectivity index (χ2v) is 5.30. The smallest absolute Gasteiger partial charge is 0.318 e. The highest BCUT2D eigenvalue weighted by Crippen LogP contribution is 2.48. The number of carbonyl (C=O) groups excluding carboxylic acids is 3. The van der Waals surface area contributed by atoms with Gasteiger partial charge in [-0.15, -0.1) is 0 Å². The van der Waals surface area contributed by atoms with E-state index < -0.39 is 29.0 Å². The molecule has 17 heavy (non-hydrogen) atoms. The molecule has 90 valence electrons. The molecule has 1 fully saturated rings. The van der Waals surface area contributed by atoms with Gasteiger partial charge in [-0.05, 0) is 30.9 Å². The first-order valence-electron chi connectivity index (χ1n) is 5.72. The molecule has 0 aromatic carbocycles. The Morgan fingerprint density at radius 2 is 2.12 bits per heavy atom. The van der Waals surface area contributed by atoms with Gasteiger partial charge in [-0.2, -0.15) is 0 Å². The van der Waals surface area contributed by atoms with Gasteiger partial charge in [0, 0.05) is 11.8 Å². The lowest BCUT2D eigenvalue weighted by Crippen LogP contribution is -2.38. The fraction of sp³-hybridized carbons (Fsp3) is 0.583. The summed E-state index contributed by atoms with van der Waals surface area (Å²) in [7, 11) is 0. The Balaban J connectivity index is 2.00. The van der Waals surface area contributed by atoms with E-state index in [-0.39, 0.29) is 11.8 Å². The van der Waals surface area contributed by atoms with Crippen LogP contribution in [0.1, 0.15) is 19.3 Å². The van der Waals surface area contributed by atoms with Gasteiger partial charge in [-0.25, -0.2) is 0 Å². The standard InChI is InChI=1S/C12H11ClO4/c13-10(14)6-2-1-5-3-7(6)9-8(4-5)11(15)17-12(9)16/h3,6-9H,1-2,4H2. The minimum atomic E-state index is -0.501. The molecule has 0 saturated carbocycles. The monoisotopic (exact) mass is 254 g/mol. The average Bonchev–Trinajstić information content (AvgIpc) is 2.54. The summed E-state index contributed by atoms with van der Waals surface area (Å²) in [6.45, 7) is 0. The second kappa shape index (κ2) is 3.67. The molecule has 4 nitrogen and oxygen atoms in total. The van der Waals surface area contributed by atoms with Crippen LogP contribution in [0.2, 0.25) is 0 Å². The molecule has 0 spiro atoms. The zero-order chi connectivity index (χ0) is 12.2. The molecule has 5 heteroatoms. The van der Waals surface area contributed by atoms with Gasteiger partial charge in [-0.1, -0.05) is 11.6 Å². The van der Waals surface area contributed by atoms with Gasteiger partial charge in [0.2, 0.25) is 5.24 Å². The molecule has 0 amide bonds. The van der Waals surface area contributed by atoms with E-state index in [4.69, 9.17) is 11.6 Å². The quantitative estimate of drug-likeness (QED) is 0.307. The van der Waals surface area contributed by atoms with Crippen LogP contribution in [0, 0.1) is 23.7 Å². The van der Waals surface area contributed by atoms with Crippen molar-refractivity contribution in [2.75, 3.05) is 0 Å². The number of hydrogen-bond acceptors (Lipinski definition) is 4. The van der Waals surface area contributed by atoms with Crippen molar-refractivity contribution in [1.29, 1.82) is 0 Å². The number of rotatable bonds is 1. The van der Waals surface area contributed by atoms with Crippen molar-refractivity contribution >= 4 is 28.8 Å². The Kier molecular flexibility index (Phi) is 2.36. The third kappa shape index (κ3) is 1.54. The molecule has 1 saturated heterocycles. The van der Waals surface area contributed by atoms with E-state index in [1.807, 2.05) is 6.08 Å². The van der Waals surface area contributed by atoms with Gasteiger partial charge in [0.25, 0.3) is 0 Å². The summed E-state index contributed by atoms with van der Waals surface area (Å²) >= 11 is 5.57. The lowest BCUT2D eigenvalue weighted by Gasteiger charge is -2.36. The average molecular weight is 255 g/mol. The summed E-state index contributed by atoms with van der Waals surface area (Å²) in [5.41, 5.74) is 1.15. The van der Waals surface area contributed by atoms with E-state index in [0.29, 0.717) is 12.8 Å². The number of hydrogen-bond donors (Lipinski definition) is 0. The topological polar surface area (TPSA) is 60.4 Å². The van der Waals surface area contributed by atoms with Crippen molar-refractivity contribution < 1.29 is 19.1 Å². The molecule has 3 aliphatic rings. The Hall–Kier alpha value is -1.16. The number of fused-ring (bicyclic) bond motifs is 3. The molecule has 1 heterocycles. The molecular weight excluding hydrogens is 244 g/mol. The summed E-state index contributed by atoms with van der Waals surface area (Å²) in [6, 6.07) is 0. The normalized spacial score (nSPS) is 39.5. The van der Waals surface area contributed by atoms with Gasteiger partial charge >= 0.3 is 11.9 Å². The number of esters is 2. The Labute approximate surface area is 103 Å². The van der Waals surface area contributed by atoms with Crippen molar-refractivity contribution in [3.8, 4) is 0 Å². The molecule has 3 rings (SSSR count). The van der Waals surface area contributed by atoms with Gasteiger partial charge in [-0.3, -0.25) is 14.4 Å². The van der Waals surface area contributed by atoms with Crippen molar-refractivity contribution in [2.24, 2.45) is 23.7 Å². The van der Waals surface area contributed by atoms with Crippen molar-refractivity contribution in [3.05, 3.63) is 11.6 Å². The zero-order valence-corrected chi connectivity index (χ0v) is 9.77. The number of halogens is 1. The molecular formula is C12H11ClO4. The SMILES string of the molecule is O=C(Cl)C1CCC2=CC1C1C(=O)OC(=O)C1C2. The predicted octanol–water partition coefficient (Wildman–Crippen LogP) is 1.42. The summed E-state index contributed by atoms with van der Waals surface area (Å²) in [5, 5.41) is -0.418. The minimum absolute atomic E-state index is 0.249. The molecule has 2 bridgehead atoms. The molecule has 0 radical (unpaired) electrons. The molecule has 0 N–H and O–H groups in total. The van der Waals surface area contributed by atoms with Gasteiger partial charge in [0.05, 0.1) is 11.8 Å². The van der Waals surface area contributed by atoms with Gasteiger partial charge < -0.3 is 4.74 Å². The van der Waals surface area contributed by atoms with E-state index in [1.165, 1.54) is 0 Å². The lowest BCUT2D eigenvalue weighted by atomic mass is 9.64. The van der Waals surface area contributed by atoms with E-state index in [0.717, 1.165) is 12.0 Å². The first kappa shape index (κ1) is 11.0. The number of allylic oxidation sites excluding steroid dienone is 2. The molecule has 4 atom stereocenters. The van der Waals surface area contributed by atoms with Crippen LogP contribution in [-0.2, 0) is 19.1 Å².